The van der Waals surface area contributed by atoms with Gasteiger partial charge in [0.25, 0.3) is 0 Å². The highest BCUT2D eigenvalue weighted by Crippen LogP contribution is 2.21. The zero-order valence-electron chi connectivity index (χ0n) is 8.80. The highest BCUT2D eigenvalue weighted by molar-refractivity contribution is 9.10. The minimum atomic E-state index is 0.550. The van der Waals surface area contributed by atoms with Gasteiger partial charge in [0, 0.05) is 11.0 Å². The molecule has 0 radical (unpaired) electrons. The van der Waals surface area contributed by atoms with Crippen molar-refractivity contribution in [3.63, 3.8) is 0 Å². The summed E-state index contributed by atoms with van der Waals surface area (Å²) in [6.45, 7) is 5.11. The van der Waals surface area contributed by atoms with E-state index in [2.05, 4.69) is 53.5 Å². The van der Waals surface area contributed by atoms with Crippen molar-refractivity contribution in [1.82, 2.24) is 5.48 Å². The molecule has 0 bridgehead atoms. The van der Waals surface area contributed by atoms with Gasteiger partial charge in [0.1, 0.15) is 0 Å². The largest absolute Gasteiger partial charge is 0.305 e. The summed E-state index contributed by atoms with van der Waals surface area (Å²) in [4.78, 5) is 4.82. The highest BCUT2D eigenvalue weighted by atomic mass is 79.9. The normalized spacial score (nSPS) is 10.9. The number of rotatable bonds is 4. The molecule has 0 aliphatic rings. The van der Waals surface area contributed by atoms with Crippen LogP contribution in [0, 0.1) is 0 Å². The van der Waals surface area contributed by atoms with E-state index in [1.807, 2.05) is 0 Å². The van der Waals surface area contributed by atoms with Crippen molar-refractivity contribution in [1.29, 1.82) is 0 Å². The van der Waals surface area contributed by atoms with Gasteiger partial charge in [0.05, 0.1) is 7.11 Å². The van der Waals surface area contributed by atoms with Crippen LogP contribution in [-0.4, -0.2) is 7.11 Å². The molecule has 2 nitrogen and oxygen atoms in total. The van der Waals surface area contributed by atoms with Crippen LogP contribution < -0.4 is 5.48 Å². The molecule has 1 aromatic carbocycles. The molecule has 3 heteroatoms. The molecule has 0 aliphatic heterocycles. The Labute approximate surface area is 93.7 Å². The van der Waals surface area contributed by atoms with E-state index < -0.39 is 0 Å². The Hall–Kier alpha value is -0.380. The van der Waals surface area contributed by atoms with E-state index >= 15 is 0 Å². The van der Waals surface area contributed by atoms with E-state index in [0.717, 1.165) is 11.0 Å². The van der Waals surface area contributed by atoms with Gasteiger partial charge in [-0.1, -0.05) is 35.8 Å². The fraction of sp³-hybridized carbons (Fsp3) is 0.455. The molecule has 0 saturated heterocycles. The van der Waals surface area contributed by atoms with Crippen LogP contribution in [0.2, 0.25) is 0 Å². The summed E-state index contributed by atoms with van der Waals surface area (Å²) in [7, 11) is 1.63. The lowest BCUT2D eigenvalue weighted by Crippen LogP contribution is -2.11. The Morgan fingerprint density at radius 2 is 2.07 bits per heavy atom. The Morgan fingerprint density at radius 3 is 2.64 bits per heavy atom. The average molecular weight is 258 g/mol. The second-order valence-electron chi connectivity index (χ2n) is 3.57. The van der Waals surface area contributed by atoms with Crippen molar-refractivity contribution in [2.75, 3.05) is 7.11 Å². The summed E-state index contributed by atoms with van der Waals surface area (Å²) in [6.07, 6.45) is 0. The molecule has 0 atom stereocenters. The van der Waals surface area contributed by atoms with Crippen molar-refractivity contribution < 1.29 is 4.84 Å². The molecule has 1 aromatic rings. The summed E-state index contributed by atoms with van der Waals surface area (Å²) in [5.41, 5.74) is 5.40. The fourth-order valence-electron chi connectivity index (χ4n) is 1.27. The maximum atomic E-state index is 4.82. The molecule has 0 aromatic heterocycles. The lowest BCUT2D eigenvalue weighted by molar-refractivity contribution is 0.0867. The van der Waals surface area contributed by atoms with Gasteiger partial charge in [0.15, 0.2) is 0 Å². The summed E-state index contributed by atoms with van der Waals surface area (Å²) in [5.74, 6) is 0.550. The van der Waals surface area contributed by atoms with Crippen LogP contribution in [0.3, 0.4) is 0 Å². The number of hydrogen-bond donors (Lipinski definition) is 1. The van der Waals surface area contributed by atoms with Crippen LogP contribution >= 0.6 is 15.9 Å². The Kier molecular flexibility index (Phi) is 4.58. The van der Waals surface area contributed by atoms with Gasteiger partial charge in [-0.15, -0.1) is 0 Å². The molecule has 0 fully saturated rings. The molecule has 0 spiro atoms. The molecular formula is C11H16BrNO. The standard InChI is InChI=1S/C11H16BrNO/c1-8(2)10-4-9(7-13-14-3)5-11(12)6-10/h4-6,8,13H,7H2,1-3H3. The first-order valence-electron chi connectivity index (χ1n) is 4.68. The topological polar surface area (TPSA) is 21.3 Å². The summed E-state index contributed by atoms with van der Waals surface area (Å²) < 4.78 is 1.12. The van der Waals surface area contributed by atoms with Gasteiger partial charge in [0.2, 0.25) is 0 Å². The van der Waals surface area contributed by atoms with Gasteiger partial charge in [-0.25, -0.2) is 0 Å². The average Bonchev–Trinajstić information content (AvgIpc) is 2.14. The van der Waals surface area contributed by atoms with Crippen molar-refractivity contribution in [3.8, 4) is 0 Å². The van der Waals surface area contributed by atoms with Crippen LogP contribution in [0.4, 0.5) is 0 Å². The third kappa shape index (κ3) is 3.40. The number of benzene rings is 1. The van der Waals surface area contributed by atoms with Crippen LogP contribution in [0.15, 0.2) is 22.7 Å². The Morgan fingerprint density at radius 1 is 1.36 bits per heavy atom. The van der Waals surface area contributed by atoms with E-state index in [9.17, 15) is 0 Å². The number of nitrogens with one attached hydrogen (secondary N) is 1. The molecule has 0 unspecified atom stereocenters. The van der Waals surface area contributed by atoms with Gasteiger partial charge in [-0.3, -0.25) is 0 Å². The van der Waals surface area contributed by atoms with Crippen molar-refractivity contribution in [3.05, 3.63) is 33.8 Å². The molecule has 78 valence electrons. The molecule has 0 saturated carbocycles. The number of hydrogen-bond acceptors (Lipinski definition) is 2. The Balaban J connectivity index is 2.84. The maximum absolute atomic E-state index is 4.82. The molecule has 0 aliphatic carbocycles. The smallest absolute Gasteiger partial charge is 0.0572 e. The Bertz CT molecular complexity index is 299. The summed E-state index contributed by atoms with van der Waals surface area (Å²) >= 11 is 3.50. The minimum Gasteiger partial charge on any atom is -0.305 e. The molecule has 0 amide bonds. The van der Waals surface area contributed by atoms with E-state index in [0.29, 0.717) is 5.92 Å². The lowest BCUT2D eigenvalue weighted by Gasteiger charge is -2.09. The predicted octanol–water partition coefficient (Wildman–Crippen LogP) is 3.22. The third-order valence-electron chi connectivity index (χ3n) is 2.07. The zero-order valence-corrected chi connectivity index (χ0v) is 10.4. The lowest BCUT2D eigenvalue weighted by atomic mass is 10.0. The number of halogens is 1. The molecular weight excluding hydrogens is 242 g/mol. The minimum absolute atomic E-state index is 0.550. The van der Waals surface area contributed by atoms with E-state index in [4.69, 9.17) is 4.84 Å². The van der Waals surface area contributed by atoms with E-state index in [-0.39, 0.29) is 0 Å². The quantitative estimate of drug-likeness (QED) is 0.837. The maximum Gasteiger partial charge on any atom is 0.0572 e. The summed E-state index contributed by atoms with van der Waals surface area (Å²) in [6, 6.07) is 6.44. The second kappa shape index (κ2) is 5.49. The van der Waals surface area contributed by atoms with Crippen LogP contribution in [0.1, 0.15) is 30.9 Å². The highest BCUT2D eigenvalue weighted by Gasteiger charge is 2.02. The molecule has 1 rings (SSSR count). The zero-order chi connectivity index (χ0) is 10.6. The van der Waals surface area contributed by atoms with Gasteiger partial charge in [-0.2, -0.15) is 5.48 Å². The van der Waals surface area contributed by atoms with Gasteiger partial charge < -0.3 is 4.84 Å². The molecule has 14 heavy (non-hydrogen) atoms. The van der Waals surface area contributed by atoms with Crippen molar-refractivity contribution in [2.24, 2.45) is 0 Å². The fourth-order valence-corrected chi connectivity index (χ4v) is 1.82. The van der Waals surface area contributed by atoms with E-state index in [1.54, 1.807) is 7.11 Å². The predicted molar refractivity (Wildman–Crippen MR) is 62.1 cm³/mol. The second-order valence-corrected chi connectivity index (χ2v) is 4.49. The van der Waals surface area contributed by atoms with Crippen molar-refractivity contribution in [2.45, 2.75) is 26.3 Å². The first-order chi connectivity index (χ1) is 6.63. The SMILES string of the molecule is CONCc1cc(Br)cc(C(C)C)c1. The van der Waals surface area contributed by atoms with Gasteiger partial charge >= 0.3 is 0 Å². The monoisotopic (exact) mass is 257 g/mol. The molecule has 1 N–H and O–H groups in total. The van der Waals surface area contributed by atoms with Crippen LogP contribution in [-0.2, 0) is 11.4 Å². The number of hydroxylamine groups is 1. The van der Waals surface area contributed by atoms with Crippen LogP contribution in [0.5, 0.6) is 0 Å². The van der Waals surface area contributed by atoms with Gasteiger partial charge in [-0.05, 0) is 29.2 Å². The third-order valence-corrected chi connectivity index (χ3v) is 2.53. The van der Waals surface area contributed by atoms with E-state index in [1.165, 1.54) is 11.1 Å². The van der Waals surface area contributed by atoms with Crippen molar-refractivity contribution >= 4 is 15.9 Å². The first-order valence-corrected chi connectivity index (χ1v) is 5.48. The summed E-state index contributed by atoms with van der Waals surface area (Å²) in [5, 5.41) is 0. The molecule has 0 heterocycles. The first kappa shape index (κ1) is 11.7. The van der Waals surface area contributed by atoms with Crippen LogP contribution in [0.25, 0.3) is 0 Å².